The lowest BCUT2D eigenvalue weighted by molar-refractivity contribution is -0.432. The van der Waals surface area contributed by atoms with E-state index in [0.717, 1.165) is 5.56 Å². The van der Waals surface area contributed by atoms with E-state index in [9.17, 15) is 9.18 Å². The molecular weight excluding hydrogens is 209 g/mol. The van der Waals surface area contributed by atoms with Gasteiger partial charge in [0.15, 0.2) is 5.70 Å². The maximum absolute atomic E-state index is 12.7. The number of hydrogen-bond donors (Lipinski definition) is 2. The highest BCUT2D eigenvalue weighted by Gasteiger charge is 2.28. The number of nitrogens with two attached hydrogens (primary N) is 1. The maximum Gasteiger partial charge on any atom is 0.356 e. The average Bonchev–Trinajstić information content (AvgIpc) is 2.48. The molecule has 1 amide bonds. The largest absolute Gasteiger partial charge is 0.356 e. The minimum atomic E-state index is -0.308. The highest BCUT2D eigenvalue weighted by atomic mass is 19.1. The van der Waals surface area contributed by atoms with Gasteiger partial charge in [-0.1, -0.05) is 12.1 Å². The molecule has 0 saturated carbocycles. The van der Waals surface area contributed by atoms with Crippen molar-refractivity contribution in [1.82, 2.24) is 5.32 Å². The van der Waals surface area contributed by atoms with Gasteiger partial charge in [0.2, 0.25) is 0 Å². The molecule has 1 aromatic carbocycles. The maximum atomic E-state index is 12.7. The second kappa shape index (κ2) is 3.77. The van der Waals surface area contributed by atoms with Crippen LogP contribution in [0.5, 0.6) is 0 Å². The van der Waals surface area contributed by atoms with Crippen LogP contribution in [-0.2, 0) is 4.79 Å². The summed E-state index contributed by atoms with van der Waals surface area (Å²) in [5.41, 5.74) is 6.72. The molecule has 0 bridgehead atoms. The average molecular weight is 220 g/mol. The van der Waals surface area contributed by atoms with Crippen LogP contribution >= 0.6 is 0 Å². The Morgan fingerprint density at radius 3 is 2.50 bits per heavy atom. The smallest absolute Gasteiger partial charge is 0.290 e. The quantitative estimate of drug-likeness (QED) is 0.526. The van der Waals surface area contributed by atoms with E-state index in [-0.39, 0.29) is 11.7 Å². The van der Waals surface area contributed by atoms with E-state index in [1.165, 1.54) is 12.1 Å². The van der Waals surface area contributed by atoms with Crippen LogP contribution in [0.3, 0.4) is 0 Å². The molecule has 0 fully saturated rings. The number of hydrogen-bond acceptors (Lipinski definition) is 2. The van der Waals surface area contributed by atoms with E-state index < -0.39 is 0 Å². The molecule has 2 rings (SSSR count). The Kier molecular flexibility index (Phi) is 2.44. The monoisotopic (exact) mass is 220 g/mol. The number of nitrogens with one attached hydrogen (secondary N) is 1. The summed E-state index contributed by atoms with van der Waals surface area (Å²) in [6.07, 6.45) is 1.65. The molecule has 5 heteroatoms. The Labute approximate surface area is 91.9 Å². The van der Waals surface area contributed by atoms with Crippen LogP contribution < -0.4 is 11.1 Å². The van der Waals surface area contributed by atoms with Gasteiger partial charge in [0.1, 0.15) is 5.82 Å². The summed E-state index contributed by atoms with van der Waals surface area (Å²) in [7, 11) is 1.68. The van der Waals surface area contributed by atoms with E-state index in [0.29, 0.717) is 11.7 Å². The Balaban J connectivity index is 2.38. The van der Waals surface area contributed by atoms with Gasteiger partial charge >= 0.3 is 11.9 Å². The van der Waals surface area contributed by atoms with Crippen molar-refractivity contribution in [3.8, 4) is 0 Å². The first-order valence-corrected chi connectivity index (χ1v) is 4.72. The number of guanidine groups is 1. The van der Waals surface area contributed by atoms with Gasteiger partial charge in [0.05, 0.1) is 7.05 Å². The number of nitrogens with zero attached hydrogens (tertiary/aromatic N) is 1. The summed E-state index contributed by atoms with van der Waals surface area (Å²) in [4.78, 5) is 11.5. The highest BCUT2D eigenvalue weighted by Crippen LogP contribution is 2.10. The fraction of sp³-hybridized carbons (Fsp3) is 0.0909. The van der Waals surface area contributed by atoms with Crippen LogP contribution in [0.15, 0.2) is 30.0 Å². The van der Waals surface area contributed by atoms with E-state index in [2.05, 4.69) is 5.32 Å². The van der Waals surface area contributed by atoms with E-state index in [4.69, 9.17) is 5.73 Å². The zero-order chi connectivity index (χ0) is 11.7. The summed E-state index contributed by atoms with van der Waals surface area (Å²) >= 11 is 0. The Hall–Kier alpha value is -2.17. The van der Waals surface area contributed by atoms with Gasteiger partial charge < -0.3 is 0 Å². The first kappa shape index (κ1) is 10.4. The Morgan fingerprint density at radius 1 is 1.38 bits per heavy atom. The second-order valence-corrected chi connectivity index (χ2v) is 3.48. The first-order valence-electron chi connectivity index (χ1n) is 4.72. The van der Waals surface area contributed by atoms with Crippen molar-refractivity contribution in [2.24, 2.45) is 5.73 Å². The van der Waals surface area contributed by atoms with Crippen LogP contribution in [0.4, 0.5) is 4.39 Å². The summed E-state index contributed by atoms with van der Waals surface area (Å²) in [6.45, 7) is 0. The minimum Gasteiger partial charge on any atom is -0.290 e. The lowest BCUT2D eigenvalue weighted by atomic mass is 10.2. The fourth-order valence-corrected chi connectivity index (χ4v) is 1.43. The number of rotatable bonds is 1. The molecule has 4 nitrogen and oxygen atoms in total. The summed E-state index contributed by atoms with van der Waals surface area (Å²) in [6, 6.07) is 5.87. The number of carbonyl (C=O) groups is 1. The normalized spacial score (nSPS) is 18.1. The lowest BCUT2D eigenvalue weighted by Gasteiger charge is -1.96. The first-order chi connectivity index (χ1) is 7.58. The number of likely N-dealkylation sites (N-methyl/N-ethyl adjacent to an activating group) is 1. The zero-order valence-corrected chi connectivity index (χ0v) is 8.70. The summed E-state index contributed by atoms with van der Waals surface area (Å²) < 4.78 is 14.2. The van der Waals surface area contributed by atoms with Gasteiger partial charge in [-0.15, -0.1) is 0 Å². The molecule has 16 heavy (non-hydrogen) atoms. The van der Waals surface area contributed by atoms with Crippen molar-refractivity contribution in [1.29, 1.82) is 0 Å². The fourth-order valence-electron chi connectivity index (χ4n) is 1.43. The zero-order valence-electron chi connectivity index (χ0n) is 8.70. The molecule has 1 heterocycles. The second-order valence-electron chi connectivity index (χ2n) is 3.48. The third-order valence-corrected chi connectivity index (χ3v) is 2.37. The standard InChI is InChI=1S/C11H10FN3O/c1-15-9(10(16)14-11(15)13)6-7-2-4-8(12)5-3-7/h2-6H,1H3,(H2,13,14,16)/p+1/b9-6+. The lowest BCUT2D eigenvalue weighted by Crippen LogP contribution is -2.32. The van der Waals surface area contributed by atoms with E-state index in [1.54, 1.807) is 29.8 Å². The van der Waals surface area contributed by atoms with E-state index >= 15 is 0 Å². The van der Waals surface area contributed by atoms with Gasteiger partial charge in [0.25, 0.3) is 0 Å². The third kappa shape index (κ3) is 1.79. The number of halogens is 1. The van der Waals surface area contributed by atoms with Crippen molar-refractivity contribution >= 4 is 17.9 Å². The number of benzene rings is 1. The SMILES string of the molecule is C[N+]1=C(N)NC(=O)/C1=C\c1ccc(F)cc1. The predicted molar refractivity (Wildman–Crippen MR) is 57.9 cm³/mol. The van der Waals surface area contributed by atoms with Crippen LogP contribution in [0.1, 0.15) is 5.56 Å². The molecule has 0 radical (unpaired) electrons. The van der Waals surface area contributed by atoms with Gasteiger partial charge in [-0.25, -0.2) is 19.1 Å². The van der Waals surface area contributed by atoms with Crippen LogP contribution in [0.25, 0.3) is 6.08 Å². The van der Waals surface area contributed by atoms with Gasteiger partial charge in [-0.3, -0.25) is 5.73 Å². The van der Waals surface area contributed by atoms with Crippen molar-refractivity contribution < 1.29 is 13.8 Å². The molecule has 1 aliphatic rings. The predicted octanol–water partition coefficient (Wildman–Crippen LogP) is 0.253. The molecule has 0 atom stereocenters. The minimum absolute atomic E-state index is 0.260. The number of carbonyl (C=O) groups excluding carboxylic acids is 1. The molecule has 0 unspecified atom stereocenters. The molecule has 0 spiro atoms. The van der Waals surface area contributed by atoms with Crippen LogP contribution in [-0.4, -0.2) is 23.5 Å². The van der Waals surface area contributed by atoms with Gasteiger partial charge in [-0.05, 0) is 23.8 Å². The molecular formula is C11H11FN3O+. The Bertz CT molecular complexity index is 502. The molecule has 0 aliphatic carbocycles. The molecule has 3 N–H and O–H groups in total. The Morgan fingerprint density at radius 2 is 2.00 bits per heavy atom. The van der Waals surface area contributed by atoms with Crippen molar-refractivity contribution in [2.45, 2.75) is 0 Å². The summed E-state index contributed by atoms with van der Waals surface area (Å²) in [5.74, 6) is -0.278. The summed E-state index contributed by atoms with van der Waals surface area (Å²) in [5, 5.41) is 2.49. The molecule has 0 aromatic heterocycles. The van der Waals surface area contributed by atoms with E-state index in [1.807, 2.05) is 0 Å². The molecule has 82 valence electrons. The van der Waals surface area contributed by atoms with Gasteiger partial charge in [0, 0.05) is 0 Å². The topological polar surface area (TPSA) is 58.1 Å². The molecule has 1 aromatic rings. The molecule has 1 aliphatic heterocycles. The van der Waals surface area contributed by atoms with Crippen molar-refractivity contribution in [2.75, 3.05) is 7.05 Å². The van der Waals surface area contributed by atoms with Crippen molar-refractivity contribution in [3.05, 3.63) is 41.3 Å². The number of amides is 1. The highest BCUT2D eigenvalue weighted by molar-refractivity contribution is 6.08. The van der Waals surface area contributed by atoms with Crippen LogP contribution in [0.2, 0.25) is 0 Å². The molecule has 0 saturated heterocycles. The third-order valence-electron chi connectivity index (χ3n) is 2.37. The van der Waals surface area contributed by atoms with Crippen molar-refractivity contribution in [3.63, 3.8) is 0 Å². The van der Waals surface area contributed by atoms with Crippen LogP contribution in [0, 0.1) is 5.82 Å². The van der Waals surface area contributed by atoms with Gasteiger partial charge in [-0.2, -0.15) is 0 Å².